The summed E-state index contributed by atoms with van der Waals surface area (Å²) in [6.07, 6.45) is 1.53. The van der Waals surface area contributed by atoms with E-state index < -0.39 is 16.0 Å². The zero-order chi connectivity index (χ0) is 13.6. The fourth-order valence-corrected chi connectivity index (χ4v) is 3.02. The average Bonchev–Trinajstić information content (AvgIpc) is 2.28. The number of esters is 1. The van der Waals surface area contributed by atoms with Crippen molar-refractivity contribution in [2.45, 2.75) is 11.9 Å². The lowest BCUT2D eigenvalue weighted by Crippen LogP contribution is -2.18. The van der Waals surface area contributed by atoms with Crippen LogP contribution >= 0.6 is 11.8 Å². The number of hydrogen-bond acceptors (Lipinski definition) is 6. The molecule has 1 rings (SSSR count). The number of ether oxygens (including phenoxy) is 1. The molecule has 2 N–H and O–H groups in total. The van der Waals surface area contributed by atoms with Crippen molar-refractivity contribution in [1.82, 2.24) is 4.98 Å². The summed E-state index contributed by atoms with van der Waals surface area (Å²) in [6.45, 7) is 1.98. The number of nitrogens with zero attached hydrogens (tertiary/aromatic N) is 1. The van der Waals surface area contributed by atoms with Crippen LogP contribution in [-0.4, -0.2) is 37.5 Å². The molecule has 0 aliphatic carbocycles. The lowest BCUT2D eigenvalue weighted by Gasteiger charge is -2.06. The smallest absolute Gasteiger partial charge is 0.340 e. The van der Waals surface area contributed by atoms with Crippen LogP contribution in [0, 0.1) is 0 Å². The minimum Gasteiger partial charge on any atom is -0.462 e. The molecule has 0 unspecified atom stereocenters. The molecule has 1 aromatic heterocycles. The predicted molar refractivity (Wildman–Crippen MR) is 68.9 cm³/mol. The molecule has 0 saturated carbocycles. The molecule has 6 nitrogen and oxygen atoms in total. The molecule has 0 radical (unpaired) electrons. The van der Waals surface area contributed by atoms with Gasteiger partial charge in [-0.25, -0.2) is 23.3 Å². The Morgan fingerprint density at radius 1 is 1.56 bits per heavy atom. The summed E-state index contributed by atoms with van der Waals surface area (Å²) < 4.78 is 26.5. The van der Waals surface area contributed by atoms with Crippen LogP contribution in [-0.2, 0) is 14.8 Å². The Bertz CT molecular complexity index is 516. The number of pyridine rings is 1. The molecule has 0 amide bonds. The normalized spacial score (nSPS) is 11.2. The second-order valence-corrected chi connectivity index (χ2v) is 6.11. The quantitative estimate of drug-likeness (QED) is 0.609. The van der Waals surface area contributed by atoms with Crippen LogP contribution in [0.3, 0.4) is 0 Å². The molecular formula is C10H14N2O4S2. The highest BCUT2D eigenvalue weighted by Gasteiger charge is 2.14. The summed E-state index contributed by atoms with van der Waals surface area (Å²) in [6, 6.07) is 3.21. The van der Waals surface area contributed by atoms with E-state index >= 15 is 0 Å². The zero-order valence-corrected chi connectivity index (χ0v) is 11.5. The van der Waals surface area contributed by atoms with E-state index in [1.807, 2.05) is 0 Å². The van der Waals surface area contributed by atoms with E-state index in [2.05, 4.69) is 4.98 Å². The zero-order valence-electron chi connectivity index (χ0n) is 9.83. The van der Waals surface area contributed by atoms with Crippen molar-refractivity contribution >= 4 is 27.8 Å². The van der Waals surface area contributed by atoms with Crippen molar-refractivity contribution in [2.75, 3.05) is 18.1 Å². The third-order valence-corrected chi connectivity index (χ3v) is 3.91. The van der Waals surface area contributed by atoms with E-state index in [-0.39, 0.29) is 18.1 Å². The number of sulfonamides is 1. The van der Waals surface area contributed by atoms with E-state index in [1.54, 1.807) is 19.1 Å². The highest BCUT2D eigenvalue weighted by molar-refractivity contribution is 8.00. The molecule has 0 fully saturated rings. The van der Waals surface area contributed by atoms with Crippen LogP contribution < -0.4 is 5.14 Å². The number of hydrogen-bond donors (Lipinski definition) is 1. The topological polar surface area (TPSA) is 99.3 Å². The second-order valence-electron chi connectivity index (χ2n) is 3.29. The van der Waals surface area contributed by atoms with Gasteiger partial charge in [0.1, 0.15) is 5.03 Å². The lowest BCUT2D eigenvalue weighted by atomic mass is 10.3. The summed E-state index contributed by atoms with van der Waals surface area (Å²) in [5, 5.41) is 5.34. The van der Waals surface area contributed by atoms with Gasteiger partial charge in [0.2, 0.25) is 10.0 Å². The van der Waals surface area contributed by atoms with Crippen LogP contribution in [0.1, 0.15) is 17.3 Å². The van der Waals surface area contributed by atoms with E-state index in [4.69, 9.17) is 9.88 Å². The van der Waals surface area contributed by atoms with Gasteiger partial charge in [-0.05, 0) is 19.1 Å². The van der Waals surface area contributed by atoms with E-state index in [1.165, 1.54) is 6.20 Å². The Morgan fingerprint density at radius 3 is 2.89 bits per heavy atom. The monoisotopic (exact) mass is 290 g/mol. The highest BCUT2D eigenvalue weighted by atomic mass is 32.2. The average molecular weight is 290 g/mol. The van der Waals surface area contributed by atoms with Crippen molar-refractivity contribution in [1.29, 1.82) is 0 Å². The maximum Gasteiger partial charge on any atom is 0.340 e. The molecule has 0 spiro atoms. The molecule has 8 heteroatoms. The first-order valence-corrected chi connectivity index (χ1v) is 7.89. The van der Waals surface area contributed by atoms with Crippen molar-refractivity contribution < 1.29 is 17.9 Å². The van der Waals surface area contributed by atoms with Crippen molar-refractivity contribution in [3.8, 4) is 0 Å². The summed E-state index contributed by atoms with van der Waals surface area (Å²) in [5.74, 6) is -0.401. The lowest BCUT2D eigenvalue weighted by molar-refractivity contribution is 0.0521. The Labute approximate surface area is 110 Å². The van der Waals surface area contributed by atoms with Gasteiger partial charge in [-0.15, -0.1) is 11.8 Å². The molecule has 0 aromatic carbocycles. The summed E-state index contributed by atoms with van der Waals surface area (Å²) in [4.78, 5) is 15.6. The number of primary sulfonamides is 1. The maximum absolute atomic E-state index is 11.6. The van der Waals surface area contributed by atoms with E-state index in [9.17, 15) is 13.2 Å². The van der Waals surface area contributed by atoms with E-state index in [0.717, 1.165) is 11.8 Å². The van der Waals surface area contributed by atoms with Crippen molar-refractivity contribution in [3.63, 3.8) is 0 Å². The molecular weight excluding hydrogens is 276 g/mol. The Hall–Kier alpha value is -1.12. The van der Waals surface area contributed by atoms with Gasteiger partial charge in [-0.2, -0.15) is 0 Å². The van der Waals surface area contributed by atoms with Crippen LogP contribution in [0.2, 0.25) is 0 Å². The Kier molecular flexibility index (Phi) is 5.57. The van der Waals surface area contributed by atoms with Crippen molar-refractivity contribution in [2.24, 2.45) is 5.14 Å². The SMILES string of the molecule is CCOC(=O)c1cccnc1SCCS(N)(=O)=O. The standard InChI is InChI=1S/C10H14N2O4S2/c1-2-16-10(13)8-4-3-5-12-9(8)17-6-7-18(11,14)15/h3-5H,2,6-7H2,1H3,(H2,11,14,15). The number of carbonyl (C=O) groups excluding carboxylic acids is 1. The molecule has 18 heavy (non-hydrogen) atoms. The van der Waals surface area contributed by atoms with Crippen LogP contribution in [0.15, 0.2) is 23.4 Å². The molecule has 0 aliphatic rings. The minimum atomic E-state index is -3.50. The molecule has 1 heterocycles. The largest absolute Gasteiger partial charge is 0.462 e. The fourth-order valence-electron chi connectivity index (χ4n) is 1.12. The summed E-state index contributed by atoms with van der Waals surface area (Å²) in [5.41, 5.74) is 0.332. The molecule has 100 valence electrons. The fraction of sp³-hybridized carbons (Fsp3) is 0.400. The van der Waals surface area contributed by atoms with Crippen LogP contribution in [0.25, 0.3) is 0 Å². The second kappa shape index (κ2) is 6.72. The maximum atomic E-state index is 11.6. The minimum absolute atomic E-state index is 0.170. The first-order valence-electron chi connectivity index (χ1n) is 5.19. The third-order valence-electron chi connectivity index (χ3n) is 1.87. The van der Waals surface area contributed by atoms with Gasteiger partial charge in [-0.1, -0.05) is 0 Å². The third kappa shape index (κ3) is 5.03. The van der Waals surface area contributed by atoms with E-state index in [0.29, 0.717) is 10.6 Å². The first kappa shape index (κ1) is 14.9. The first-order chi connectivity index (χ1) is 8.44. The summed E-state index contributed by atoms with van der Waals surface area (Å²) in [7, 11) is -3.50. The molecule has 0 saturated heterocycles. The van der Waals surface area contributed by atoms with Gasteiger partial charge < -0.3 is 4.74 Å². The van der Waals surface area contributed by atoms with Gasteiger partial charge in [0.15, 0.2) is 0 Å². The van der Waals surface area contributed by atoms with Gasteiger partial charge >= 0.3 is 5.97 Å². The van der Waals surface area contributed by atoms with Crippen LogP contribution in [0.4, 0.5) is 0 Å². The number of carbonyl (C=O) groups is 1. The van der Waals surface area contributed by atoms with Crippen LogP contribution in [0.5, 0.6) is 0 Å². The molecule has 0 aliphatic heterocycles. The summed E-state index contributed by atoms with van der Waals surface area (Å²) >= 11 is 1.16. The predicted octanol–water partition coefficient (Wildman–Crippen LogP) is 0.639. The van der Waals surface area contributed by atoms with Gasteiger partial charge in [0, 0.05) is 11.9 Å². The van der Waals surface area contributed by atoms with Crippen molar-refractivity contribution in [3.05, 3.63) is 23.9 Å². The number of thioether (sulfide) groups is 1. The Morgan fingerprint density at radius 2 is 2.28 bits per heavy atom. The number of nitrogens with two attached hydrogens (primary N) is 1. The highest BCUT2D eigenvalue weighted by Crippen LogP contribution is 2.20. The van der Waals surface area contributed by atoms with Gasteiger partial charge in [0.05, 0.1) is 17.9 Å². The number of rotatable bonds is 6. The van der Waals surface area contributed by atoms with Gasteiger partial charge in [-0.3, -0.25) is 0 Å². The Balaban J connectivity index is 2.73. The molecule has 1 aromatic rings. The number of aromatic nitrogens is 1. The molecule has 0 bridgehead atoms. The van der Waals surface area contributed by atoms with Gasteiger partial charge in [0.25, 0.3) is 0 Å². The molecule has 0 atom stereocenters.